The van der Waals surface area contributed by atoms with E-state index in [-0.39, 0.29) is 23.8 Å². The first kappa shape index (κ1) is 16.4. The lowest BCUT2D eigenvalue weighted by Crippen LogP contribution is -2.43. The zero-order chi connectivity index (χ0) is 15.3. The zero-order valence-corrected chi connectivity index (χ0v) is 12.6. The number of amides is 2. The molecule has 1 aromatic rings. The van der Waals surface area contributed by atoms with Crippen molar-refractivity contribution in [3.8, 4) is 0 Å². The van der Waals surface area contributed by atoms with Crippen LogP contribution in [0.15, 0.2) is 18.3 Å². The van der Waals surface area contributed by atoms with Crippen molar-refractivity contribution in [3.63, 3.8) is 0 Å². The largest absolute Gasteiger partial charge is 0.347 e. The minimum Gasteiger partial charge on any atom is -0.347 e. The lowest BCUT2D eigenvalue weighted by molar-refractivity contribution is -0.121. The second-order valence-electron chi connectivity index (χ2n) is 5.92. The Balaban J connectivity index is 2.48. The Bertz CT molecular complexity index is 479. The van der Waals surface area contributed by atoms with Crippen LogP contribution in [-0.2, 0) is 11.8 Å². The lowest BCUT2D eigenvalue weighted by atomic mass is 9.93. The van der Waals surface area contributed by atoms with Crippen LogP contribution < -0.4 is 11.1 Å². The molecule has 6 nitrogen and oxygen atoms in total. The minimum absolute atomic E-state index is 0.0584. The molecular formula is C14H24N4O2. The summed E-state index contributed by atoms with van der Waals surface area (Å²) in [6.45, 7) is 5.48. The number of nitrogens with one attached hydrogen (secondary N) is 1. The molecule has 20 heavy (non-hydrogen) atoms. The van der Waals surface area contributed by atoms with E-state index in [0.717, 1.165) is 0 Å². The van der Waals surface area contributed by atoms with E-state index < -0.39 is 0 Å². The van der Waals surface area contributed by atoms with E-state index in [2.05, 4.69) is 5.32 Å². The van der Waals surface area contributed by atoms with Crippen molar-refractivity contribution in [2.45, 2.75) is 13.8 Å². The summed E-state index contributed by atoms with van der Waals surface area (Å²) in [4.78, 5) is 25.6. The average molecular weight is 280 g/mol. The fourth-order valence-corrected chi connectivity index (χ4v) is 2.02. The van der Waals surface area contributed by atoms with Gasteiger partial charge in [0.25, 0.3) is 5.91 Å². The molecule has 0 saturated carbocycles. The van der Waals surface area contributed by atoms with Gasteiger partial charge in [-0.15, -0.1) is 0 Å². The number of carbonyl (C=O) groups is 2. The SMILES string of the molecule is CN(CC(=O)NC(=O)c1cccn1C)CC(C)(C)CN. The molecule has 2 amide bonds. The van der Waals surface area contributed by atoms with Gasteiger partial charge in [-0.3, -0.25) is 19.8 Å². The number of carbonyl (C=O) groups excluding carboxylic acids is 2. The molecule has 0 aromatic carbocycles. The molecule has 6 heteroatoms. The molecule has 0 radical (unpaired) electrons. The molecule has 0 atom stereocenters. The van der Waals surface area contributed by atoms with Crippen LogP contribution in [0.5, 0.6) is 0 Å². The third-order valence-electron chi connectivity index (χ3n) is 3.09. The van der Waals surface area contributed by atoms with Crippen molar-refractivity contribution in [1.29, 1.82) is 0 Å². The number of hydrogen-bond donors (Lipinski definition) is 2. The Morgan fingerprint density at radius 1 is 1.45 bits per heavy atom. The fourth-order valence-electron chi connectivity index (χ4n) is 2.02. The number of aromatic nitrogens is 1. The van der Waals surface area contributed by atoms with Gasteiger partial charge in [-0.2, -0.15) is 0 Å². The molecule has 112 valence electrons. The van der Waals surface area contributed by atoms with Gasteiger partial charge in [-0.1, -0.05) is 13.8 Å². The Labute approximate surface area is 119 Å². The monoisotopic (exact) mass is 280 g/mol. The van der Waals surface area contributed by atoms with Crippen molar-refractivity contribution in [2.75, 3.05) is 26.7 Å². The number of hydrogen-bond acceptors (Lipinski definition) is 4. The van der Waals surface area contributed by atoms with Crippen molar-refractivity contribution >= 4 is 11.8 Å². The molecule has 0 fully saturated rings. The van der Waals surface area contributed by atoms with Crippen LogP contribution in [0.2, 0.25) is 0 Å². The van der Waals surface area contributed by atoms with Gasteiger partial charge in [0.05, 0.1) is 6.54 Å². The van der Waals surface area contributed by atoms with Gasteiger partial charge < -0.3 is 10.3 Å². The topological polar surface area (TPSA) is 80.4 Å². The van der Waals surface area contributed by atoms with Gasteiger partial charge >= 0.3 is 0 Å². The Morgan fingerprint density at radius 3 is 2.60 bits per heavy atom. The standard InChI is InChI=1S/C14H24N4O2/c1-14(2,9-15)10-17(3)8-12(19)16-13(20)11-6-5-7-18(11)4/h5-7H,8-10,15H2,1-4H3,(H,16,19,20). The Kier molecular flexibility index (Phi) is 5.47. The number of likely N-dealkylation sites (N-methyl/N-ethyl adjacent to an activating group) is 1. The molecule has 3 N–H and O–H groups in total. The third-order valence-corrected chi connectivity index (χ3v) is 3.09. The maximum absolute atomic E-state index is 11.9. The van der Waals surface area contributed by atoms with Crippen molar-refractivity contribution in [2.24, 2.45) is 18.2 Å². The van der Waals surface area contributed by atoms with Crippen LogP contribution in [-0.4, -0.2) is 48.0 Å². The zero-order valence-electron chi connectivity index (χ0n) is 12.6. The molecule has 0 spiro atoms. The quantitative estimate of drug-likeness (QED) is 0.780. The maximum Gasteiger partial charge on any atom is 0.274 e. The molecule has 0 bridgehead atoms. The highest BCUT2D eigenvalue weighted by Gasteiger charge is 2.20. The summed E-state index contributed by atoms with van der Waals surface area (Å²) in [5.41, 5.74) is 6.07. The fraction of sp³-hybridized carbons (Fsp3) is 0.571. The van der Waals surface area contributed by atoms with Crippen molar-refractivity contribution < 1.29 is 9.59 Å². The van der Waals surface area contributed by atoms with E-state index in [4.69, 9.17) is 5.73 Å². The second-order valence-corrected chi connectivity index (χ2v) is 5.92. The van der Waals surface area contributed by atoms with E-state index >= 15 is 0 Å². The van der Waals surface area contributed by atoms with E-state index in [0.29, 0.717) is 18.8 Å². The average Bonchev–Trinajstić information content (AvgIpc) is 2.74. The van der Waals surface area contributed by atoms with E-state index in [1.165, 1.54) is 0 Å². The highest BCUT2D eigenvalue weighted by atomic mass is 16.2. The number of imide groups is 1. The van der Waals surface area contributed by atoms with E-state index in [1.807, 2.05) is 25.8 Å². The Hall–Kier alpha value is -1.66. The molecule has 1 rings (SSSR count). The smallest absolute Gasteiger partial charge is 0.274 e. The first-order chi connectivity index (χ1) is 9.25. The first-order valence-electron chi connectivity index (χ1n) is 6.59. The summed E-state index contributed by atoms with van der Waals surface area (Å²) < 4.78 is 1.67. The molecule has 0 aliphatic carbocycles. The highest BCUT2D eigenvalue weighted by molar-refractivity contribution is 6.04. The van der Waals surface area contributed by atoms with Crippen molar-refractivity contribution in [1.82, 2.24) is 14.8 Å². The molecule has 0 saturated heterocycles. The first-order valence-corrected chi connectivity index (χ1v) is 6.59. The van der Waals surface area contributed by atoms with Crippen LogP contribution >= 0.6 is 0 Å². The summed E-state index contributed by atoms with van der Waals surface area (Å²) in [5.74, 6) is -0.694. The number of nitrogens with two attached hydrogens (primary N) is 1. The van der Waals surface area contributed by atoms with Gasteiger partial charge in [0, 0.05) is 19.8 Å². The normalized spacial score (nSPS) is 11.7. The van der Waals surface area contributed by atoms with Gasteiger partial charge in [0.1, 0.15) is 5.69 Å². The Morgan fingerprint density at radius 2 is 2.10 bits per heavy atom. The van der Waals surface area contributed by atoms with E-state index in [9.17, 15) is 9.59 Å². The highest BCUT2D eigenvalue weighted by Crippen LogP contribution is 2.13. The van der Waals surface area contributed by atoms with Crippen LogP contribution in [0.4, 0.5) is 0 Å². The summed E-state index contributed by atoms with van der Waals surface area (Å²) in [7, 11) is 3.60. The molecular weight excluding hydrogens is 256 g/mol. The second kappa shape index (κ2) is 6.67. The van der Waals surface area contributed by atoms with Crippen LogP contribution in [0.3, 0.4) is 0 Å². The predicted molar refractivity (Wildman–Crippen MR) is 78.2 cm³/mol. The summed E-state index contributed by atoms with van der Waals surface area (Å²) in [6, 6.07) is 3.43. The third kappa shape index (κ3) is 4.79. The van der Waals surface area contributed by atoms with Crippen LogP contribution in [0.25, 0.3) is 0 Å². The number of nitrogens with zero attached hydrogens (tertiary/aromatic N) is 2. The molecule has 1 aromatic heterocycles. The molecule has 0 unspecified atom stereocenters. The maximum atomic E-state index is 11.9. The summed E-state index contributed by atoms with van der Waals surface area (Å²) in [5, 5.41) is 2.39. The van der Waals surface area contributed by atoms with Crippen molar-refractivity contribution in [3.05, 3.63) is 24.0 Å². The van der Waals surface area contributed by atoms with Crippen LogP contribution in [0, 0.1) is 5.41 Å². The summed E-state index contributed by atoms with van der Waals surface area (Å²) in [6.07, 6.45) is 1.76. The molecule has 0 aliphatic rings. The van der Waals surface area contributed by atoms with Gasteiger partial charge in [-0.25, -0.2) is 0 Å². The minimum atomic E-state index is -0.381. The summed E-state index contributed by atoms with van der Waals surface area (Å²) >= 11 is 0. The van der Waals surface area contributed by atoms with Gasteiger partial charge in [-0.05, 0) is 31.1 Å². The molecule has 0 aliphatic heterocycles. The van der Waals surface area contributed by atoms with Crippen LogP contribution in [0.1, 0.15) is 24.3 Å². The van der Waals surface area contributed by atoms with E-state index in [1.54, 1.807) is 29.9 Å². The van der Waals surface area contributed by atoms with Gasteiger partial charge in [0.15, 0.2) is 0 Å². The number of rotatable bonds is 6. The predicted octanol–water partition coefficient (Wildman–Crippen LogP) is 0.198. The number of aryl methyl sites for hydroxylation is 1. The molecule has 1 heterocycles. The lowest BCUT2D eigenvalue weighted by Gasteiger charge is -2.28. The van der Waals surface area contributed by atoms with Gasteiger partial charge in [0.2, 0.25) is 5.91 Å².